The Kier molecular flexibility index (Phi) is 46.7. The molecule has 0 saturated carbocycles. The van der Waals surface area contributed by atoms with Crippen LogP contribution >= 0.6 is 0 Å². The molecule has 0 rings (SSSR count). The molecule has 0 aromatic heterocycles. The second-order valence-electron chi connectivity index (χ2n) is 15.7. The number of hydrogen-bond acceptors (Lipinski definition) is 6. The van der Waals surface area contributed by atoms with Gasteiger partial charge in [0, 0.05) is 19.3 Å². The van der Waals surface area contributed by atoms with Crippen molar-refractivity contribution in [3.05, 3.63) is 134 Å². The average molecular weight is 869 g/mol. The van der Waals surface area contributed by atoms with Gasteiger partial charge < -0.3 is 14.2 Å². The topological polar surface area (TPSA) is 78.9 Å². The largest absolute Gasteiger partial charge is 0.462 e. The molecule has 0 aromatic rings. The quantitative estimate of drug-likeness (QED) is 0.0200. The van der Waals surface area contributed by atoms with Gasteiger partial charge in [-0.25, -0.2) is 0 Å². The molecule has 0 bridgehead atoms. The highest BCUT2D eigenvalue weighted by Crippen LogP contribution is 2.11. The molecule has 1 unspecified atom stereocenters. The molecule has 0 aromatic carbocycles. The van der Waals surface area contributed by atoms with E-state index in [1.54, 1.807) is 0 Å². The van der Waals surface area contributed by atoms with Crippen molar-refractivity contribution in [2.45, 2.75) is 194 Å². The van der Waals surface area contributed by atoms with E-state index in [0.717, 1.165) is 89.9 Å². The standard InChI is InChI=1S/C57H88O6/c1-4-7-10-13-16-19-22-25-28-30-32-35-38-41-44-47-50-56(59)62-53-54(52-61-55(58)49-46-43-40-37-34-31-27-24-21-18-15-12-9-6-3)63-57(60)51-48-45-42-39-36-33-29-26-23-20-17-14-11-8-5-2/h7-8,10-11,14,16-17,19-20,23,25-26,28-29,31-36,41,44,54H,4-6,9,12-13,15,18,21-22,24,27,30,37-40,42-43,45-53H2,1-3H3/b10-7-,11-8-,17-14-,19-16-,23-20-,28-25-,29-26-,34-31-,35-32-,36-33-,44-41-. The van der Waals surface area contributed by atoms with E-state index >= 15 is 0 Å². The molecule has 0 aliphatic heterocycles. The summed E-state index contributed by atoms with van der Waals surface area (Å²) in [6.45, 7) is 6.23. The first-order chi connectivity index (χ1) is 31.0. The Bertz CT molecular complexity index is 1420. The van der Waals surface area contributed by atoms with Crippen LogP contribution in [0.5, 0.6) is 0 Å². The van der Waals surface area contributed by atoms with Gasteiger partial charge in [-0.2, -0.15) is 0 Å². The minimum absolute atomic E-state index is 0.131. The predicted molar refractivity (Wildman–Crippen MR) is 269 cm³/mol. The zero-order valence-corrected chi connectivity index (χ0v) is 40.0. The van der Waals surface area contributed by atoms with Crippen LogP contribution in [0.15, 0.2) is 134 Å². The van der Waals surface area contributed by atoms with Crippen LogP contribution in [-0.2, 0) is 28.6 Å². The molecule has 6 nitrogen and oxygen atoms in total. The number of carbonyl (C=O) groups is 3. The Morgan fingerprint density at radius 1 is 0.349 bits per heavy atom. The maximum atomic E-state index is 12.8. The lowest BCUT2D eigenvalue weighted by Crippen LogP contribution is -2.30. The van der Waals surface area contributed by atoms with Gasteiger partial charge in [0.1, 0.15) is 13.2 Å². The third kappa shape index (κ3) is 48.4. The second-order valence-corrected chi connectivity index (χ2v) is 15.7. The summed E-state index contributed by atoms with van der Waals surface area (Å²) in [6.07, 6.45) is 70.2. The highest BCUT2D eigenvalue weighted by Gasteiger charge is 2.19. The number of rotatable bonds is 42. The lowest BCUT2D eigenvalue weighted by atomic mass is 10.1. The summed E-state index contributed by atoms with van der Waals surface area (Å²) in [5, 5.41) is 0. The van der Waals surface area contributed by atoms with Crippen molar-refractivity contribution in [2.75, 3.05) is 13.2 Å². The molecule has 0 spiro atoms. The molecule has 1 atom stereocenters. The van der Waals surface area contributed by atoms with Gasteiger partial charge in [0.15, 0.2) is 6.10 Å². The van der Waals surface area contributed by atoms with Crippen LogP contribution in [0.4, 0.5) is 0 Å². The zero-order valence-electron chi connectivity index (χ0n) is 40.0. The van der Waals surface area contributed by atoms with E-state index in [2.05, 4.69) is 93.7 Å². The minimum Gasteiger partial charge on any atom is -0.462 e. The van der Waals surface area contributed by atoms with Crippen LogP contribution in [-0.4, -0.2) is 37.2 Å². The molecule has 0 N–H and O–H groups in total. The van der Waals surface area contributed by atoms with E-state index in [0.29, 0.717) is 19.3 Å². The summed E-state index contributed by atoms with van der Waals surface area (Å²) in [6, 6.07) is 0. The maximum absolute atomic E-state index is 12.8. The number of carbonyl (C=O) groups excluding carboxylic acids is 3. The van der Waals surface area contributed by atoms with Crippen molar-refractivity contribution < 1.29 is 28.6 Å². The van der Waals surface area contributed by atoms with Crippen molar-refractivity contribution >= 4 is 17.9 Å². The summed E-state index contributed by atoms with van der Waals surface area (Å²) in [7, 11) is 0. The van der Waals surface area contributed by atoms with Gasteiger partial charge in [-0.15, -0.1) is 0 Å². The van der Waals surface area contributed by atoms with Crippen LogP contribution in [0.3, 0.4) is 0 Å². The third-order valence-electron chi connectivity index (χ3n) is 9.76. The lowest BCUT2D eigenvalue weighted by molar-refractivity contribution is -0.166. The van der Waals surface area contributed by atoms with E-state index in [1.807, 2.05) is 60.8 Å². The zero-order chi connectivity index (χ0) is 45.8. The molecular formula is C57H88O6. The van der Waals surface area contributed by atoms with Gasteiger partial charge in [-0.05, 0) is 96.3 Å². The van der Waals surface area contributed by atoms with Crippen LogP contribution in [0, 0.1) is 0 Å². The normalized spacial score (nSPS) is 13.3. The third-order valence-corrected chi connectivity index (χ3v) is 9.76. The number of allylic oxidation sites excluding steroid dienone is 22. The number of esters is 3. The lowest BCUT2D eigenvalue weighted by Gasteiger charge is -2.18. The maximum Gasteiger partial charge on any atom is 0.306 e. The van der Waals surface area contributed by atoms with Crippen molar-refractivity contribution in [3.8, 4) is 0 Å². The molecule has 0 fully saturated rings. The van der Waals surface area contributed by atoms with Gasteiger partial charge in [0.25, 0.3) is 0 Å². The highest BCUT2D eigenvalue weighted by molar-refractivity contribution is 5.71. The molecule has 0 radical (unpaired) electrons. The average Bonchev–Trinajstić information content (AvgIpc) is 3.28. The molecule has 0 amide bonds. The first kappa shape index (κ1) is 58.6. The number of ether oxygens (including phenoxy) is 3. The Balaban J connectivity index is 4.63. The van der Waals surface area contributed by atoms with E-state index in [4.69, 9.17) is 14.2 Å². The first-order valence-electron chi connectivity index (χ1n) is 24.8. The molecule has 0 aliphatic carbocycles. The fraction of sp³-hybridized carbons (Fsp3) is 0.561. The Hall–Kier alpha value is -4.45. The first-order valence-corrected chi connectivity index (χ1v) is 24.8. The Morgan fingerprint density at radius 2 is 0.730 bits per heavy atom. The van der Waals surface area contributed by atoms with Crippen LogP contribution in [0.1, 0.15) is 188 Å². The fourth-order valence-electron chi connectivity index (χ4n) is 6.09. The van der Waals surface area contributed by atoms with Gasteiger partial charge >= 0.3 is 17.9 Å². The molecular weight excluding hydrogens is 781 g/mol. The Labute approximate surface area is 385 Å². The van der Waals surface area contributed by atoms with Gasteiger partial charge in [0.05, 0.1) is 0 Å². The van der Waals surface area contributed by atoms with Crippen molar-refractivity contribution in [2.24, 2.45) is 0 Å². The van der Waals surface area contributed by atoms with Crippen LogP contribution in [0.25, 0.3) is 0 Å². The molecule has 63 heavy (non-hydrogen) atoms. The number of unbranched alkanes of at least 4 members (excludes halogenated alkanes) is 13. The summed E-state index contributed by atoms with van der Waals surface area (Å²) < 4.78 is 16.6. The SMILES string of the molecule is CC\C=C/C=C\C=C/C=C\C=C/CCCCCC(=O)OC(COC(=O)CC/C=C\C/C=C\C/C=C\C/C=C\C/C=C\CC)COC(=O)CCCCC/C=C\CCCCCCCCC. The van der Waals surface area contributed by atoms with Crippen LogP contribution < -0.4 is 0 Å². The Morgan fingerprint density at radius 3 is 1.25 bits per heavy atom. The van der Waals surface area contributed by atoms with Crippen molar-refractivity contribution in [1.29, 1.82) is 0 Å². The molecule has 0 heterocycles. The number of hydrogen-bond donors (Lipinski definition) is 0. The molecule has 352 valence electrons. The van der Waals surface area contributed by atoms with Crippen LogP contribution in [0.2, 0.25) is 0 Å². The smallest absolute Gasteiger partial charge is 0.306 e. The molecule has 6 heteroatoms. The van der Waals surface area contributed by atoms with E-state index in [9.17, 15) is 14.4 Å². The van der Waals surface area contributed by atoms with E-state index < -0.39 is 6.10 Å². The predicted octanol–water partition coefficient (Wildman–Crippen LogP) is 16.3. The molecule has 0 aliphatic rings. The second kappa shape index (κ2) is 50.2. The van der Waals surface area contributed by atoms with Gasteiger partial charge in [-0.1, -0.05) is 206 Å². The summed E-state index contributed by atoms with van der Waals surface area (Å²) >= 11 is 0. The molecule has 0 saturated heterocycles. The van der Waals surface area contributed by atoms with Gasteiger partial charge in [-0.3, -0.25) is 14.4 Å². The van der Waals surface area contributed by atoms with Crippen molar-refractivity contribution in [3.63, 3.8) is 0 Å². The minimum atomic E-state index is -0.840. The fourth-order valence-corrected chi connectivity index (χ4v) is 6.09. The van der Waals surface area contributed by atoms with E-state index in [-0.39, 0.29) is 44.0 Å². The summed E-state index contributed by atoms with van der Waals surface area (Å²) in [5.74, 6) is -1.09. The highest BCUT2D eigenvalue weighted by atomic mass is 16.6. The summed E-state index contributed by atoms with van der Waals surface area (Å²) in [5.41, 5.74) is 0. The van der Waals surface area contributed by atoms with Gasteiger partial charge in [0.2, 0.25) is 0 Å². The summed E-state index contributed by atoms with van der Waals surface area (Å²) in [4.78, 5) is 37.9. The monoisotopic (exact) mass is 869 g/mol. The van der Waals surface area contributed by atoms with E-state index in [1.165, 1.54) is 44.9 Å². The van der Waals surface area contributed by atoms with Crippen molar-refractivity contribution in [1.82, 2.24) is 0 Å².